The molecule has 3 nitrogen and oxygen atoms in total. The van der Waals surface area contributed by atoms with Gasteiger partial charge < -0.3 is 10.6 Å². The highest BCUT2D eigenvalue weighted by Crippen LogP contribution is 2.40. The Morgan fingerprint density at radius 3 is 2.44 bits per heavy atom. The number of halogens is 1. The molecule has 0 bridgehead atoms. The van der Waals surface area contributed by atoms with E-state index in [9.17, 15) is 4.79 Å². The van der Waals surface area contributed by atoms with Crippen LogP contribution in [0.2, 0.25) is 0 Å². The third-order valence-electron chi connectivity index (χ3n) is 4.76. The molecule has 1 heterocycles. The van der Waals surface area contributed by atoms with Crippen LogP contribution in [-0.4, -0.2) is 25.5 Å². The van der Waals surface area contributed by atoms with Crippen LogP contribution >= 0.6 is 12.4 Å². The van der Waals surface area contributed by atoms with E-state index in [0.29, 0.717) is 11.3 Å². The number of carbonyl (C=O) groups excluding carboxylic acids is 1. The fraction of sp³-hybridized carbons (Fsp3) is 0.929. The minimum Gasteiger partial charge on any atom is -0.355 e. The molecule has 1 aliphatic carbocycles. The molecule has 1 aliphatic heterocycles. The molecule has 4 heteroatoms. The Hall–Kier alpha value is -0.280. The van der Waals surface area contributed by atoms with Gasteiger partial charge in [0, 0.05) is 12.5 Å². The van der Waals surface area contributed by atoms with Crippen LogP contribution < -0.4 is 10.6 Å². The molecule has 2 aliphatic rings. The van der Waals surface area contributed by atoms with Crippen LogP contribution in [0.4, 0.5) is 0 Å². The minimum absolute atomic E-state index is 0. The van der Waals surface area contributed by atoms with E-state index in [4.69, 9.17) is 0 Å². The van der Waals surface area contributed by atoms with Gasteiger partial charge in [0.05, 0.1) is 0 Å². The Balaban J connectivity index is 0.00000162. The van der Waals surface area contributed by atoms with Gasteiger partial charge in [0.15, 0.2) is 0 Å². The van der Waals surface area contributed by atoms with Crippen molar-refractivity contribution in [2.45, 2.75) is 51.9 Å². The molecule has 0 aromatic carbocycles. The fourth-order valence-corrected chi connectivity index (χ4v) is 3.28. The highest BCUT2D eigenvalue weighted by molar-refractivity contribution is 5.85. The highest BCUT2D eigenvalue weighted by Gasteiger charge is 2.33. The van der Waals surface area contributed by atoms with Crippen molar-refractivity contribution in [1.29, 1.82) is 0 Å². The van der Waals surface area contributed by atoms with Gasteiger partial charge >= 0.3 is 0 Å². The average molecular weight is 275 g/mol. The summed E-state index contributed by atoms with van der Waals surface area (Å²) in [5.74, 6) is 0.554. The van der Waals surface area contributed by atoms with Crippen LogP contribution in [0.1, 0.15) is 51.9 Å². The number of nitrogens with one attached hydrogen (secondary N) is 2. The van der Waals surface area contributed by atoms with E-state index in [1.807, 2.05) is 0 Å². The van der Waals surface area contributed by atoms with Gasteiger partial charge in [-0.25, -0.2) is 0 Å². The zero-order valence-corrected chi connectivity index (χ0v) is 12.3. The van der Waals surface area contributed by atoms with Crippen molar-refractivity contribution in [3.63, 3.8) is 0 Å². The van der Waals surface area contributed by atoms with Crippen molar-refractivity contribution < 1.29 is 4.79 Å². The number of piperidine rings is 1. The van der Waals surface area contributed by atoms with Gasteiger partial charge in [-0.3, -0.25) is 4.79 Å². The smallest absolute Gasteiger partial charge is 0.223 e. The Kier molecular flexibility index (Phi) is 6.44. The van der Waals surface area contributed by atoms with Crippen molar-refractivity contribution in [3.05, 3.63) is 0 Å². The van der Waals surface area contributed by atoms with E-state index in [2.05, 4.69) is 17.6 Å². The first-order valence-corrected chi connectivity index (χ1v) is 7.24. The lowest BCUT2D eigenvalue weighted by atomic mass is 9.83. The molecule has 18 heavy (non-hydrogen) atoms. The van der Waals surface area contributed by atoms with Crippen molar-refractivity contribution in [3.8, 4) is 0 Å². The molecule has 0 spiro atoms. The molecule has 1 saturated heterocycles. The summed E-state index contributed by atoms with van der Waals surface area (Å²) in [4.78, 5) is 12.1. The summed E-state index contributed by atoms with van der Waals surface area (Å²) in [5, 5.41) is 6.52. The maximum atomic E-state index is 12.1. The fourth-order valence-electron chi connectivity index (χ4n) is 3.28. The largest absolute Gasteiger partial charge is 0.355 e. The Labute approximate surface area is 117 Å². The molecule has 0 radical (unpaired) electrons. The van der Waals surface area contributed by atoms with E-state index in [-0.39, 0.29) is 18.3 Å². The lowest BCUT2D eigenvalue weighted by Gasteiger charge is -2.29. The van der Waals surface area contributed by atoms with Crippen molar-refractivity contribution in [2.75, 3.05) is 19.6 Å². The highest BCUT2D eigenvalue weighted by atomic mass is 35.5. The molecule has 0 aromatic heterocycles. The maximum Gasteiger partial charge on any atom is 0.223 e. The average Bonchev–Trinajstić information content (AvgIpc) is 2.86. The number of hydrogen-bond acceptors (Lipinski definition) is 2. The zero-order chi connectivity index (χ0) is 12.1. The predicted molar refractivity (Wildman–Crippen MR) is 77.0 cm³/mol. The molecule has 2 rings (SSSR count). The van der Waals surface area contributed by atoms with E-state index in [1.165, 1.54) is 32.1 Å². The van der Waals surface area contributed by atoms with Crippen LogP contribution in [-0.2, 0) is 4.79 Å². The second-order valence-electron chi connectivity index (χ2n) is 5.80. The first-order valence-electron chi connectivity index (χ1n) is 7.24. The van der Waals surface area contributed by atoms with Crippen LogP contribution in [0.15, 0.2) is 0 Å². The SMILES string of the molecule is CCC1(CNC(=O)C2CCNCC2)CCCC1.Cl. The van der Waals surface area contributed by atoms with Gasteiger partial charge in [-0.15, -0.1) is 12.4 Å². The van der Waals surface area contributed by atoms with Gasteiger partial charge in [0.2, 0.25) is 5.91 Å². The Morgan fingerprint density at radius 1 is 1.28 bits per heavy atom. The number of amides is 1. The third-order valence-corrected chi connectivity index (χ3v) is 4.76. The Morgan fingerprint density at radius 2 is 1.89 bits per heavy atom. The van der Waals surface area contributed by atoms with Gasteiger partial charge in [-0.2, -0.15) is 0 Å². The summed E-state index contributed by atoms with van der Waals surface area (Å²) < 4.78 is 0. The monoisotopic (exact) mass is 274 g/mol. The van der Waals surface area contributed by atoms with E-state index in [1.54, 1.807) is 0 Å². The summed E-state index contributed by atoms with van der Waals surface area (Å²) in [6, 6.07) is 0. The van der Waals surface area contributed by atoms with E-state index in [0.717, 1.165) is 32.5 Å². The zero-order valence-electron chi connectivity index (χ0n) is 11.5. The number of hydrogen-bond donors (Lipinski definition) is 2. The maximum absolute atomic E-state index is 12.1. The predicted octanol–water partition coefficient (Wildman–Crippen LogP) is 2.49. The summed E-state index contributed by atoms with van der Waals surface area (Å²) >= 11 is 0. The quantitative estimate of drug-likeness (QED) is 0.827. The second-order valence-corrected chi connectivity index (χ2v) is 5.80. The molecule has 0 unspecified atom stereocenters. The summed E-state index contributed by atoms with van der Waals surface area (Å²) in [5.41, 5.74) is 0.419. The first-order chi connectivity index (χ1) is 8.26. The lowest BCUT2D eigenvalue weighted by Crippen LogP contribution is -2.42. The van der Waals surface area contributed by atoms with Crippen LogP contribution in [0.25, 0.3) is 0 Å². The van der Waals surface area contributed by atoms with Gasteiger partial charge in [0.1, 0.15) is 0 Å². The standard InChI is InChI=1S/C14H26N2O.ClH/c1-2-14(7-3-4-8-14)11-16-13(17)12-5-9-15-10-6-12;/h12,15H,2-11H2,1H3,(H,16,17);1H. The molecule has 0 atom stereocenters. The summed E-state index contributed by atoms with van der Waals surface area (Å²) in [7, 11) is 0. The second kappa shape index (κ2) is 7.34. The third kappa shape index (κ3) is 3.86. The molecule has 2 N–H and O–H groups in total. The van der Waals surface area contributed by atoms with Gasteiger partial charge in [-0.05, 0) is 50.6 Å². The molecular weight excluding hydrogens is 248 g/mol. The van der Waals surface area contributed by atoms with Crippen LogP contribution in [0, 0.1) is 11.3 Å². The van der Waals surface area contributed by atoms with Crippen molar-refractivity contribution in [2.24, 2.45) is 11.3 Å². The minimum atomic E-state index is 0. The van der Waals surface area contributed by atoms with Crippen LogP contribution in [0.5, 0.6) is 0 Å². The van der Waals surface area contributed by atoms with Crippen molar-refractivity contribution in [1.82, 2.24) is 10.6 Å². The summed E-state index contributed by atoms with van der Waals surface area (Å²) in [6.45, 7) is 5.17. The molecule has 106 valence electrons. The van der Waals surface area contributed by atoms with Crippen LogP contribution in [0.3, 0.4) is 0 Å². The topological polar surface area (TPSA) is 41.1 Å². The first kappa shape index (κ1) is 15.8. The number of rotatable bonds is 4. The molecule has 1 amide bonds. The van der Waals surface area contributed by atoms with Gasteiger partial charge in [-0.1, -0.05) is 19.8 Å². The van der Waals surface area contributed by atoms with E-state index >= 15 is 0 Å². The molecule has 1 saturated carbocycles. The normalized spacial score (nSPS) is 23.4. The van der Waals surface area contributed by atoms with E-state index < -0.39 is 0 Å². The Bertz CT molecular complexity index is 259. The van der Waals surface area contributed by atoms with Crippen molar-refractivity contribution >= 4 is 18.3 Å². The number of carbonyl (C=O) groups is 1. The molecule has 2 fully saturated rings. The summed E-state index contributed by atoms with van der Waals surface area (Å²) in [6.07, 6.45) is 8.51. The lowest BCUT2D eigenvalue weighted by molar-refractivity contribution is -0.126. The van der Waals surface area contributed by atoms with Gasteiger partial charge in [0.25, 0.3) is 0 Å². The molecule has 0 aromatic rings. The molecular formula is C14H27ClN2O.